The standard InChI is InChI=1S/C22H45NO4Si2/c1-13-26-18(24)15(2)17-22(28(9)10,19(25)23(17)21(6,7)8)16(20(3,4)5)14-27-29(11)12/h15-17,28-29H,13-14H2,1-12H3/t15?,16-,17-,22-/m0/s1. The van der Waals surface area contributed by atoms with E-state index in [9.17, 15) is 9.59 Å². The van der Waals surface area contributed by atoms with Gasteiger partial charge in [-0.3, -0.25) is 9.59 Å². The van der Waals surface area contributed by atoms with Crippen molar-refractivity contribution in [1.82, 2.24) is 4.90 Å². The minimum absolute atomic E-state index is 0.0737. The number of carbonyl (C=O) groups excluding carboxylic acids is 2. The first-order valence-electron chi connectivity index (χ1n) is 11.2. The van der Waals surface area contributed by atoms with Crippen molar-refractivity contribution < 1.29 is 18.8 Å². The summed E-state index contributed by atoms with van der Waals surface area (Å²) in [5, 5.41) is -0.513. The molecule has 0 radical (unpaired) electrons. The number of β-lactam (4-membered cyclic amide) rings is 1. The lowest BCUT2D eigenvalue weighted by Gasteiger charge is -2.68. The number of amides is 1. The number of hydrogen-bond acceptors (Lipinski definition) is 4. The van der Waals surface area contributed by atoms with Gasteiger partial charge in [-0.2, -0.15) is 0 Å². The van der Waals surface area contributed by atoms with Crippen LogP contribution in [0.5, 0.6) is 0 Å². The Labute approximate surface area is 182 Å². The Hall–Kier alpha value is -0.666. The van der Waals surface area contributed by atoms with Crippen LogP contribution in [-0.2, 0) is 18.8 Å². The van der Waals surface area contributed by atoms with E-state index in [2.05, 4.69) is 67.7 Å². The van der Waals surface area contributed by atoms with Crippen molar-refractivity contribution in [2.75, 3.05) is 13.2 Å². The third-order valence-corrected chi connectivity index (χ3v) is 10.1. The molecule has 0 aromatic heterocycles. The molecule has 1 amide bonds. The van der Waals surface area contributed by atoms with Crippen molar-refractivity contribution in [1.29, 1.82) is 0 Å². The van der Waals surface area contributed by atoms with Crippen LogP contribution < -0.4 is 0 Å². The molecule has 1 aliphatic heterocycles. The molecule has 0 aromatic rings. The molecule has 0 spiro atoms. The van der Waals surface area contributed by atoms with E-state index >= 15 is 0 Å². The average Bonchev–Trinajstić information content (AvgIpc) is 2.52. The monoisotopic (exact) mass is 443 g/mol. The van der Waals surface area contributed by atoms with E-state index < -0.39 is 22.9 Å². The molecule has 0 N–H and O–H groups in total. The summed E-state index contributed by atoms with van der Waals surface area (Å²) in [5.41, 5.74) is -0.446. The molecular formula is C22H45NO4Si2. The minimum atomic E-state index is -1.54. The highest BCUT2D eigenvalue weighted by atomic mass is 28.3. The Morgan fingerprint density at radius 2 is 1.66 bits per heavy atom. The van der Waals surface area contributed by atoms with Crippen molar-refractivity contribution in [2.45, 2.75) is 98.2 Å². The van der Waals surface area contributed by atoms with E-state index in [0.29, 0.717) is 13.2 Å². The van der Waals surface area contributed by atoms with Crippen LogP contribution in [0, 0.1) is 17.3 Å². The van der Waals surface area contributed by atoms with Crippen LogP contribution in [0.4, 0.5) is 0 Å². The largest absolute Gasteiger partial charge is 0.466 e. The SMILES string of the molecule is CCOC(=O)C(C)[C@@H]1N(C(C)(C)C)C(=O)[C@@]1([C@@H](CO[SiH](C)C)C(C)(C)C)[SiH](C)C. The smallest absolute Gasteiger partial charge is 0.310 e. The number of rotatable bonds is 8. The first-order chi connectivity index (χ1) is 13.0. The summed E-state index contributed by atoms with van der Waals surface area (Å²) in [4.78, 5) is 28.8. The molecule has 0 bridgehead atoms. The van der Waals surface area contributed by atoms with E-state index in [1.807, 2.05) is 18.7 Å². The van der Waals surface area contributed by atoms with Gasteiger partial charge in [0.1, 0.15) is 0 Å². The summed E-state index contributed by atoms with van der Waals surface area (Å²) in [7, 11) is -2.78. The lowest BCUT2D eigenvalue weighted by Crippen LogP contribution is -2.78. The van der Waals surface area contributed by atoms with Crippen LogP contribution in [-0.4, -0.2) is 59.4 Å². The van der Waals surface area contributed by atoms with Crippen LogP contribution in [0.15, 0.2) is 0 Å². The zero-order chi connectivity index (χ0) is 22.9. The molecule has 1 fully saturated rings. The number of esters is 1. The summed E-state index contributed by atoms with van der Waals surface area (Å²) >= 11 is 0. The summed E-state index contributed by atoms with van der Waals surface area (Å²) < 4.78 is 11.6. The van der Waals surface area contributed by atoms with E-state index in [1.165, 1.54) is 0 Å². The first-order valence-corrected chi connectivity index (χ1v) is 16.8. The zero-order valence-electron chi connectivity index (χ0n) is 20.9. The van der Waals surface area contributed by atoms with Gasteiger partial charge in [-0.15, -0.1) is 0 Å². The highest BCUT2D eigenvalue weighted by Gasteiger charge is 2.71. The Kier molecular flexibility index (Phi) is 8.39. The van der Waals surface area contributed by atoms with Gasteiger partial charge in [-0.1, -0.05) is 33.9 Å². The second kappa shape index (κ2) is 9.22. The molecule has 4 atom stereocenters. The van der Waals surface area contributed by atoms with E-state index in [-0.39, 0.29) is 40.7 Å². The normalized spacial score (nSPS) is 25.2. The van der Waals surface area contributed by atoms with Gasteiger partial charge in [0.2, 0.25) is 5.91 Å². The second-order valence-electron chi connectivity index (χ2n) is 11.2. The maximum absolute atomic E-state index is 14.0. The van der Waals surface area contributed by atoms with Gasteiger partial charge in [0.05, 0.1) is 32.4 Å². The molecule has 7 heteroatoms. The summed E-state index contributed by atoms with van der Waals surface area (Å²) in [5.74, 6) is -0.278. The Balaban J connectivity index is 3.63. The molecule has 1 rings (SSSR count). The van der Waals surface area contributed by atoms with Crippen molar-refractivity contribution in [2.24, 2.45) is 17.3 Å². The molecule has 0 aromatic carbocycles. The fourth-order valence-corrected chi connectivity index (χ4v) is 8.84. The molecule has 170 valence electrons. The highest BCUT2D eigenvalue weighted by Crippen LogP contribution is 2.62. The Morgan fingerprint density at radius 3 is 2.00 bits per heavy atom. The van der Waals surface area contributed by atoms with Gasteiger partial charge in [0.25, 0.3) is 0 Å². The van der Waals surface area contributed by atoms with Crippen LogP contribution >= 0.6 is 0 Å². The number of likely N-dealkylation sites (tertiary alicyclic amines) is 1. The maximum atomic E-state index is 14.0. The second-order valence-corrected chi connectivity index (χ2v) is 16.9. The van der Waals surface area contributed by atoms with Crippen LogP contribution in [0.1, 0.15) is 55.4 Å². The predicted octanol–water partition coefficient (Wildman–Crippen LogP) is 4.08. The maximum Gasteiger partial charge on any atom is 0.310 e. The van der Waals surface area contributed by atoms with E-state index in [1.54, 1.807) is 0 Å². The molecule has 1 unspecified atom stereocenters. The zero-order valence-corrected chi connectivity index (χ0v) is 23.2. The quantitative estimate of drug-likeness (QED) is 0.322. The molecule has 1 aliphatic rings. The summed E-state index contributed by atoms with van der Waals surface area (Å²) in [6, 6.07) is -0.151. The van der Waals surface area contributed by atoms with Crippen molar-refractivity contribution in [3.05, 3.63) is 0 Å². The van der Waals surface area contributed by atoms with Crippen molar-refractivity contribution in [3.8, 4) is 0 Å². The number of hydrogen-bond donors (Lipinski definition) is 0. The first kappa shape index (κ1) is 26.4. The van der Waals surface area contributed by atoms with Crippen LogP contribution in [0.3, 0.4) is 0 Å². The fraction of sp³-hybridized carbons (Fsp3) is 0.909. The molecule has 0 aliphatic carbocycles. The average molecular weight is 444 g/mol. The van der Waals surface area contributed by atoms with E-state index in [0.717, 1.165) is 0 Å². The third kappa shape index (κ3) is 4.98. The highest BCUT2D eigenvalue weighted by molar-refractivity contribution is 6.66. The molecule has 1 saturated heterocycles. The number of ether oxygens (including phenoxy) is 1. The van der Waals surface area contributed by atoms with Crippen LogP contribution in [0.2, 0.25) is 31.2 Å². The van der Waals surface area contributed by atoms with Crippen molar-refractivity contribution in [3.63, 3.8) is 0 Å². The minimum Gasteiger partial charge on any atom is -0.466 e. The number of nitrogens with zero attached hydrogens (tertiary/aromatic N) is 1. The molecule has 29 heavy (non-hydrogen) atoms. The lowest BCUT2D eigenvalue weighted by atomic mass is 9.62. The lowest BCUT2D eigenvalue weighted by molar-refractivity contribution is -0.183. The summed E-state index contributed by atoms with van der Waals surface area (Å²) in [6.07, 6.45) is 0. The van der Waals surface area contributed by atoms with E-state index in [4.69, 9.17) is 9.16 Å². The number of carbonyl (C=O) groups is 2. The van der Waals surface area contributed by atoms with Gasteiger partial charge in [0.15, 0.2) is 9.04 Å². The van der Waals surface area contributed by atoms with Gasteiger partial charge in [-0.05, 0) is 59.0 Å². The van der Waals surface area contributed by atoms with Gasteiger partial charge in [0, 0.05) is 12.1 Å². The third-order valence-electron chi connectivity index (χ3n) is 6.39. The molecule has 5 nitrogen and oxygen atoms in total. The van der Waals surface area contributed by atoms with Crippen LogP contribution in [0.25, 0.3) is 0 Å². The molecule has 0 saturated carbocycles. The topological polar surface area (TPSA) is 55.8 Å². The predicted molar refractivity (Wildman–Crippen MR) is 126 cm³/mol. The van der Waals surface area contributed by atoms with Gasteiger partial charge in [-0.25, -0.2) is 0 Å². The van der Waals surface area contributed by atoms with Gasteiger partial charge < -0.3 is 14.1 Å². The van der Waals surface area contributed by atoms with Crippen molar-refractivity contribution >= 4 is 29.7 Å². The molecule has 1 heterocycles. The Morgan fingerprint density at radius 1 is 1.14 bits per heavy atom. The van der Waals surface area contributed by atoms with Gasteiger partial charge >= 0.3 is 5.97 Å². The summed E-state index contributed by atoms with van der Waals surface area (Å²) in [6.45, 7) is 26.4. The molecular weight excluding hydrogens is 398 g/mol. The fourth-order valence-electron chi connectivity index (χ4n) is 5.11. The Bertz CT molecular complexity index is 595.